The van der Waals surface area contributed by atoms with Crippen molar-refractivity contribution < 1.29 is 0 Å². The number of nitrogens with one attached hydrogen (secondary N) is 1. The highest BCUT2D eigenvalue weighted by Gasteiger charge is 2.36. The molecule has 3 nitrogen and oxygen atoms in total. The largest absolute Gasteiger partial charge is 0.345 e. The van der Waals surface area contributed by atoms with Crippen LogP contribution in [0.5, 0.6) is 0 Å². The number of hydrogen-bond donors (Lipinski definition) is 1. The molecule has 3 heteroatoms. The van der Waals surface area contributed by atoms with Gasteiger partial charge in [-0.1, -0.05) is 141 Å². The molecule has 6 aromatic carbocycles. The average Bonchev–Trinajstić information content (AvgIpc) is 3.60. The Bertz CT molecular complexity index is 2610. The van der Waals surface area contributed by atoms with Gasteiger partial charge in [-0.05, 0) is 68.4 Å². The SMILES string of the molecule is CC1(C)c2ccccc2-c2ccc(C3=C4C=CC=CC4NC(n4c5ccccc5c5c6ccc(-c7ccccc7)cc6ccc54)=N3)cc21. The maximum atomic E-state index is 5.50. The fourth-order valence-corrected chi connectivity index (χ4v) is 8.27. The predicted octanol–water partition coefficient (Wildman–Crippen LogP) is 10.6. The zero-order valence-electron chi connectivity index (χ0n) is 26.9. The highest BCUT2D eigenvalue weighted by Crippen LogP contribution is 2.49. The molecule has 1 unspecified atom stereocenters. The number of benzene rings is 6. The second-order valence-electron chi connectivity index (χ2n) is 13.7. The van der Waals surface area contributed by atoms with Crippen molar-refractivity contribution in [1.29, 1.82) is 0 Å². The zero-order chi connectivity index (χ0) is 32.0. The first-order valence-electron chi connectivity index (χ1n) is 16.8. The number of para-hydroxylation sites is 1. The van der Waals surface area contributed by atoms with Crippen molar-refractivity contribution in [3.63, 3.8) is 0 Å². The van der Waals surface area contributed by atoms with Gasteiger partial charge in [0.05, 0.1) is 22.8 Å². The Labute approximate surface area is 279 Å². The average molecular weight is 616 g/mol. The predicted molar refractivity (Wildman–Crippen MR) is 201 cm³/mol. The lowest BCUT2D eigenvalue weighted by Crippen LogP contribution is -2.42. The fourth-order valence-electron chi connectivity index (χ4n) is 8.27. The van der Waals surface area contributed by atoms with Crippen LogP contribution in [0.2, 0.25) is 0 Å². The number of aliphatic imine (C=N–C) groups is 1. The van der Waals surface area contributed by atoms with Crippen LogP contribution in [0, 0.1) is 0 Å². The van der Waals surface area contributed by atoms with E-state index in [2.05, 4.69) is 175 Å². The van der Waals surface area contributed by atoms with Gasteiger partial charge in [-0.25, -0.2) is 4.99 Å². The van der Waals surface area contributed by atoms with Crippen molar-refractivity contribution >= 4 is 44.2 Å². The molecule has 2 heterocycles. The third-order valence-electron chi connectivity index (χ3n) is 10.6. The van der Waals surface area contributed by atoms with Crippen molar-refractivity contribution in [3.8, 4) is 22.3 Å². The van der Waals surface area contributed by atoms with Crippen LogP contribution in [0.15, 0.2) is 162 Å². The van der Waals surface area contributed by atoms with Crippen LogP contribution in [0.3, 0.4) is 0 Å². The molecule has 10 rings (SSSR count). The third kappa shape index (κ3) is 3.85. The molecule has 0 saturated heterocycles. The Morgan fingerprint density at radius 3 is 2.33 bits per heavy atom. The van der Waals surface area contributed by atoms with Gasteiger partial charge in [-0.3, -0.25) is 4.57 Å². The van der Waals surface area contributed by atoms with E-state index in [0.29, 0.717) is 0 Å². The number of fused-ring (bicyclic) bond motifs is 9. The lowest BCUT2D eigenvalue weighted by atomic mass is 9.81. The summed E-state index contributed by atoms with van der Waals surface area (Å²) in [4.78, 5) is 5.50. The first-order valence-corrected chi connectivity index (χ1v) is 16.8. The number of rotatable bonds is 2. The first kappa shape index (κ1) is 27.2. The molecule has 1 aromatic heterocycles. The molecule has 48 heavy (non-hydrogen) atoms. The molecule has 1 atom stereocenters. The Balaban J connectivity index is 1.18. The number of aromatic nitrogens is 1. The molecule has 0 fully saturated rings. The molecule has 3 aliphatic rings. The normalized spacial score (nSPS) is 17.4. The summed E-state index contributed by atoms with van der Waals surface area (Å²) in [6.07, 6.45) is 8.71. The van der Waals surface area contributed by atoms with Crippen molar-refractivity contribution in [3.05, 3.63) is 174 Å². The lowest BCUT2D eigenvalue weighted by Gasteiger charge is -2.29. The third-order valence-corrected chi connectivity index (χ3v) is 10.6. The van der Waals surface area contributed by atoms with Crippen LogP contribution in [0.25, 0.3) is 60.5 Å². The minimum Gasteiger partial charge on any atom is -0.345 e. The van der Waals surface area contributed by atoms with Crippen molar-refractivity contribution in [2.24, 2.45) is 4.99 Å². The molecule has 0 saturated carbocycles. The maximum Gasteiger partial charge on any atom is 0.209 e. The van der Waals surface area contributed by atoms with Gasteiger partial charge in [0.25, 0.3) is 0 Å². The molecule has 0 bridgehead atoms. The van der Waals surface area contributed by atoms with Crippen LogP contribution >= 0.6 is 0 Å². The Kier molecular flexibility index (Phi) is 5.69. The standard InChI is InChI=1S/C45H33N3/c1-45(2)37-17-9-6-14-33(37)34-24-21-31(27-38(34)45)43-35-15-7-10-18-39(35)46-44(47-43)48-40-19-11-8-16-36(40)42-32-23-20-29(28-12-4-3-5-13-28)26-30(32)22-25-41(42)48/h3-27,39H,1-2H3,(H,46,47). The summed E-state index contributed by atoms with van der Waals surface area (Å²) >= 11 is 0. The van der Waals surface area contributed by atoms with Gasteiger partial charge in [0.1, 0.15) is 0 Å². The maximum absolute atomic E-state index is 5.50. The quantitative estimate of drug-likeness (QED) is 0.206. The van der Waals surface area contributed by atoms with Gasteiger partial charge in [-0.15, -0.1) is 0 Å². The Hall–Kier alpha value is -5.93. The van der Waals surface area contributed by atoms with Crippen molar-refractivity contribution in [2.45, 2.75) is 25.3 Å². The second-order valence-corrected chi connectivity index (χ2v) is 13.7. The molecule has 1 aliphatic heterocycles. The van der Waals surface area contributed by atoms with Crippen LogP contribution in [-0.4, -0.2) is 16.6 Å². The lowest BCUT2D eigenvalue weighted by molar-refractivity contribution is 0.660. The van der Waals surface area contributed by atoms with Gasteiger partial charge in [-0.2, -0.15) is 0 Å². The molecule has 7 aromatic rings. The molecule has 0 amide bonds. The number of nitrogens with zero attached hydrogens (tertiary/aromatic N) is 2. The van der Waals surface area contributed by atoms with E-state index in [9.17, 15) is 0 Å². The van der Waals surface area contributed by atoms with E-state index in [1.807, 2.05) is 0 Å². The molecule has 0 spiro atoms. The van der Waals surface area contributed by atoms with Gasteiger partial charge < -0.3 is 5.32 Å². The molecule has 0 radical (unpaired) electrons. The van der Waals surface area contributed by atoms with Gasteiger partial charge in [0.15, 0.2) is 0 Å². The fraction of sp³-hybridized carbons (Fsp3) is 0.0889. The molecular weight excluding hydrogens is 583 g/mol. The molecule has 2 aliphatic carbocycles. The number of hydrogen-bond acceptors (Lipinski definition) is 2. The highest BCUT2D eigenvalue weighted by atomic mass is 15.2. The Morgan fingerprint density at radius 1 is 0.625 bits per heavy atom. The summed E-state index contributed by atoms with van der Waals surface area (Å²) in [5.41, 5.74) is 13.4. The minimum absolute atomic E-state index is 0.0149. The van der Waals surface area contributed by atoms with E-state index < -0.39 is 0 Å². The first-order chi connectivity index (χ1) is 23.6. The van der Waals surface area contributed by atoms with E-state index >= 15 is 0 Å². The summed E-state index contributed by atoms with van der Waals surface area (Å²) in [5.74, 6) is 0.841. The Morgan fingerprint density at radius 2 is 1.42 bits per heavy atom. The van der Waals surface area contributed by atoms with Crippen LogP contribution in [0.4, 0.5) is 0 Å². The van der Waals surface area contributed by atoms with E-state index in [-0.39, 0.29) is 11.5 Å². The van der Waals surface area contributed by atoms with Crippen LogP contribution in [-0.2, 0) is 5.41 Å². The molecule has 1 N–H and O–H groups in total. The van der Waals surface area contributed by atoms with Gasteiger partial charge >= 0.3 is 0 Å². The van der Waals surface area contributed by atoms with Crippen LogP contribution in [0.1, 0.15) is 30.5 Å². The summed E-state index contributed by atoms with van der Waals surface area (Å²) in [7, 11) is 0. The van der Waals surface area contributed by atoms with E-state index in [0.717, 1.165) is 28.3 Å². The molecular formula is C45H33N3. The van der Waals surface area contributed by atoms with E-state index in [1.54, 1.807) is 0 Å². The van der Waals surface area contributed by atoms with Gasteiger partial charge in [0.2, 0.25) is 5.96 Å². The van der Waals surface area contributed by atoms with Crippen LogP contribution < -0.4 is 5.32 Å². The van der Waals surface area contributed by atoms with Gasteiger partial charge in [0, 0.05) is 27.3 Å². The monoisotopic (exact) mass is 615 g/mol. The summed E-state index contributed by atoms with van der Waals surface area (Å²) in [6.45, 7) is 4.68. The second kappa shape index (κ2) is 10.0. The zero-order valence-corrected chi connectivity index (χ0v) is 26.9. The summed E-state index contributed by atoms with van der Waals surface area (Å²) in [5, 5.41) is 8.77. The minimum atomic E-state index is -0.0808. The van der Waals surface area contributed by atoms with Crippen molar-refractivity contribution in [2.75, 3.05) is 0 Å². The topological polar surface area (TPSA) is 29.3 Å². The summed E-state index contributed by atoms with van der Waals surface area (Å²) in [6, 6.07) is 46.5. The number of allylic oxidation sites excluding steroid dienone is 2. The van der Waals surface area contributed by atoms with Crippen molar-refractivity contribution in [1.82, 2.24) is 9.88 Å². The smallest absolute Gasteiger partial charge is 0.209 e. The highest BCUT2D eigenvalue weighted by molar-refractivity contribution is 6.24. The van der Waals surface area contributed by atoms with E-state index in [1.165, 1.54) is 60.5 Å². The molecule has 228 valence electrons. The van der Waals surface area contributed by atoms with E-state index in [4.69, 9.17) is 4.99 Å². The summed E-state index contributed by atoms with van der Waals surface area (Å²) < 4.78 is 2.32.